The van der Waals surface area contributed by atoms with E-state index in [0.29, 0.717) is 29.3 Å². The van der Waals surface area contributed by atoms with Crippen LogP contribution in [0.4, 0.5) is 9.18 Å². The molecule has 9 nitrogen and oxygen atoms in total. The molecular weight excluding hydrogens is 607 g/mol. The van der Waals surface area contributed by atoms with E-state index in [-0.39, 0.29) is 32.3 Å². The van der Waals surface area contributed by atoms with Crippen molar-refractivity contribution < 1.29 is 28.2 Å². The summed E-state index contributed by atoms with van der Waals surface area (Å²) in [5.74, 6) is 0.456. The molecule has 1 aliphatic rings. The molecule has 1 N–H and O–H groups in total. The highest BCUT2D eigenvalue weighted by molar-refractivity contribution is 7.17. The fraction of sp³-hybridized carbons (Fsp3) is 0.429. The standard InChI is InChI=1S/C35H41FN4O5S/c1-35(2,3)45-34(42)37-14-15-43-16-17-44-29-21-25(36)10-12-27(29)32-33-28(13-18-46-33)31(38-39-32)23-9-11-26(22-7-6-8-22)24(19-23)20-30(41)40(4)5/h9-13,18-19,21-22H,6-8,14-17,20H2,1-5H3,(H,37,42). The Labute approximate surface area is 273 Å². The number of hydrogen-bond acceptors (Lipinski definition) is 8. The summed E-state index contributed by atoms with van der Waals surface area (Å²) in [5, 5.41) is 14.8. The van der Waals surface area contributed by atoms with Gasteiger partial charge in [0.05, 0.1) is 24.3 Å². The molecule has 0 radical (unpaired) electrons. The lowest BCUT2D eigenvalue weighted by atomic mass is 9.77. The summed E-state index contributed by atoms with van der Waals surface area (Å²) < 4.78 is 32.0. The van der Waals surface area contributed by atoms with Crippen molar-refractivity contribution in [3.8, 4) is 28.3 Å². The predicted molar refractivity (Wildman–Crippen MR) is 178 cm³/mol. The molecule has 1 aliphatic carbocycles. The molecule has 2 amide bonds. The molecule has 46 heavy (non-hydrogen) atoms. The summed E-state index contributed by atoms with van der Waals surface area (Å²) in [7, 11) is 3.56. The van der Waals surface area contributed by atoms with Gasteiger partial charge in [0.2, 0.25) is 5.91 Å². The van der Waals surface area contributed by atoms with Crippen molar-refractivity contribution in [3.63, 3.8) is 0 Å². The molecule has 244 valence electrons. The summed E-state index contributed by atoms with van der Waals surface area (Å²) in [6.07, 6.45) is 3.34. The van der Waals surface area contributed by atoms with Gasteiger partial charge in [-0.1, -0.05) is 18.6 Å². The number of carbonyl (C=O) groups excluding carboxylic acids is 2. The Hall–Kier alpha value is -4.09. The molecule has 11 heteroatoms. The van der Waals surface area contributed by atoms with E-state index < -0.39 is 17.5 Å². The van der Waals surface area contributed by atoms with Crippen LogP contribution in [-0.4, -0.2) is 73.2 Å². The summed E-state index contributed by atoms with van der Waals surface area (Å²) in [6, 6.07) is 12.7. The van der Waals surface area contributed by atoms with Crippen molar-refractivity contribution >= 4 is 33.4 Å². The van der Waals surface area contributed by atoms with Gasteiger partial charge in [-0.3, -0.25) is 4.79 Å². The molecule has 2 aromatic heterocycles. The number of aromatic nitrogens is 2. The van der Waals surface area contributed by atoms with E-state index in [1.165, 1.54) is 35.5 Å². The minimum atomic E-state index is -0.571. The average Bonchev–Trinajstić information content (AvgIpc) is 3.46. The van der Waals surface area contributed by atoms with Crippen LogP contribution >= 0.6 is 11.3 Å². The Morgan fingerprint density at radius 3 is 2.52 bits per heavy atom. The van der Waals surface area contributed by atoms with Crippen LogP contribution in [0.2, 0.25) is 0 Å². The van der Waals surface area contributed by atoms with Crippen molar-refractivity contribution in [1.29, 1.82) is 0 Å². The van der Waals surface area contributed by atoms with Gasteiger partial charge in [-0.2, -0.15) is 0 Å². The topological polar surface area (TPSA) is 103 Å². The van der Waals surface area contributed by atoms with Gasteiger partial charge in [0, 0.05) is 43.2 Å². The van der Waals surface area contributed by atoms with Gasteiger partial charge in [-0.15, -0.1) is 21.5 Å². The molecule has 0 atom stereocenters. The van der Waals surface area contributed by atoms with Crippen LogP contribution < -0.4 is 10.1 Å². The normalized spacial score (nSPS) is 13.3. The number of halogens is 1. The second-order valence-electron chi connectivity index (χ2n) is 12.6. The number of likely N-dealkylation sites (N-methyl/N-ethyl adjacent to an activating group) is 1. The highest BCUT2D eigenvalue weighted by Gasteiger charge is 2.25. The van der Waals surface area contributed by atoms with E-state index in [2.05, 4.69) is 33.7 Å². The molecule has 2 aromatic carbocycles. The zero-order chi connectivity index (χ0) is 32.8. The predicted octanol–water partition coefficient (Wildman–Crippen LogP) is 6.98. The van der Waals surface area contributed by atoms with E-state index in [1.54, 1.807) is 45.8 Å². The number of hydrogen-bond donors (Lipinski definition) is 1. The number of amides is 2. The van der Waals surface area contributed by atoms with Gasteiger partial charge in [0.25, 0.3) is 0 Å². The zero-order valence-electron chi connectivity index (χ0n) is 27.0. The molecular formula is C35H41FN4O5S. The number of rotatable bonds is 12. The highest BCUT2D eigenvalue weighted by atomic mass is 32.1. The van der Waals surface area contributed by atoms with Gasteiger partial charge in [-0.05, 0) is 80.3 Å². The SMILES string of the molecule is CN(C)C(=O)Cc1cc(-c2nnc(-c3ccc(F)cc3OCCOCCNC(=O)OC(C)(C)C)c3sccc23)ccc1C1CCC1. The fourth-order valence-corrected chi connectivity index (χ4v) is 6.17. The quantitative estimate of drug-likeness (QED) is 0.165. The largest absolute Gasteiger partial charge is 0.490 e. The summed E-state index contributed by atoms with van der Waals surface area (Å²) >= 11 is 1.53. The Bertz CT molecular complexity index is 1700. The molecule has 0 saturated heterocycles. The van der Waals surface area contributed by atoms with Crippen LogP contribution in [0.15, 0.2) is 47.8 Å². The molecule has 0 bridgehead atoms. The third-order valence-electron chi connectivity index (χ3n) is 7.79. The number of carbonyl (C=O) groups is 2. The van der Waals surface area contributed by atoms with Crippen LogP contribution in [0.25, 0.3) is 32.6 Å². The highest BCUT2D eigenvalue weighted by Crippen LogP contribution is 2.42. The first-order valence-corrected chi connectivity index (χ1v) is 16.4. The molecule has 0 spiro atoms. The fourth-order valence-electron chi connectivity index (χ4n) is 5.28. The number of fused-ring (bicyclic) bond motifs is 1. The Morgan fingerprint density at radius 1 is 1.02 bits per heavy atom. The average molecular weight is 649 g/mol. The van der Waals surface area contributed by atoms with E-state index >= 15 is 0 Å². The lowest BCUT2D eigenvalue weighted by molar-refractivity contribution is -0.127. The maximum Gasteiger partial charge on any atom is 0.407 e. The number of ether oxygens (including phenoxy) is 3. The van der Waals surface area contributed by atoms with Crippen molar-refractivity contribution in [2.24, 2.45) is 0 Å². The lowest BCUT2D eigenvalue weighted by Crippen LogP contribution is -2.34. The van der Waals surface area contributed by atoms with Gasteiger partial charge in [0.15, 0.2) is 0 Å². The summed E-state index contributed by atoms with van der Waals surface area (Å²) in [4.78, 5) is 26.1. The number of benzene rings is 2. The van der Waals surface area contributed by atoms with Crippen molar-refractivity contribution in [2.75, 3.05) is 40.5 Å². The van der Waals surface area contributed by atoms with Crippen molar-refractivity contribution in [2.45, 2.75) is 58.0 Å². The third kappa shape index (κ3) is 8.19. The minimum Gasteiger partial charge on any atom is -0.490 e. The number of alkyl carbamates (subject to hydrolysis) is 1. The number of nitrogens with one attached hydrogen (secondary N) is 1. The first-order valence-electron chi connectivity index (χ1n) is 15.5. The Morgan fingerprint density at radius 2 is 1.80 bits per heavy atom. The van der Waals surface area contributed by atoms with E-state index in [4.69, 9.17) is 14.2 Å². The van der Waals surface area contributed by atoms with Crippen LogP contribution in [0, 0.1) is 5.82 Å². The van der Waals surface area contributed by atoms with Crippen molar-refractivity contribution in [1.82, 2.24) is 20.4 Å². The van der Waals surface area contributed by atoms with Crippen LogP contribution in [0.1, 0.15) is 57.1 Å². The molecule has 0 aliphatic heterocycles. The Balaban J connectivity index is 1.32. The second kappa shape index (κ2) is 14.6. The van der Waals surface area contributed by atoms with E-state index in [9.17, 15) is 14.0 Å². The third-order valence-corrected chi connectivity index (χ3v) is 8.71. The van der Waals surface area contributed by atoms with E-state index in [0.717, 1.165) is 39.7 Å². The minimum absolute atomic E-state index is 0.0616. The van der Waals surface area contributed by atoms with Crippen LogP contribution in [-0.2, 0) is 20.7 Å². The van der Waals surface area contributed by atoms with Crippen LogP contribution in [0.3, 0.4) is 0 Å². The van der Waals surface area contributed by atoms with Gasteiger partial charge < -0.3 is 24.4 Å². The molecule has 2 heterocycles. The first kappa shape index (κ1) is 33.3. The Kier molecular flexibility index (Phi) is 10.5. The lowest BCUT2D eigenvalue weighted by Gasteiger charge is -2.28. The summed E-state index contributed by atoms with van der Waals surface area (Å²) in [5.41, 5.74) is 4.56. The van der Waals surface area contributed by atoms with Crippen LogP contribution in [0.5, 0.6) is 5.75 Å². The maximum absolute atomic E-state index is 14.3. The molecule has 4 aromatic rings. The maximum atomic E-state index is 14.3. The second-order valence-corrected chi connectivity index (χ2v) is 13.5. The molecule has 0 unspecified atom stereocenters. The van der Waals surface area contributed by atoms with Gasteiger partial charge >= 0.3 is 6.09 Å². The van der Waals surface area contributed by atoms with Gasteiger partial charge in [-0.25, -0.2) is 9.18 Å². The van der Waals surface area contributed by atoms with Gasteiger partial charge in [0.1, 0.15) is 35.2 Å². The van der Waals surface area contributed by atoms with E-state index in [1.807, 2.05) is 11.4 Å². The first-order chi connectivity index (χ1) is 22.0. The van der Waals surface area contributed by atoms with Crippen molar-refractivity contribution in [3.05, 3.63) is 64.8 Å². The zero-order valence-corrected chi connectivity index (χ0v) is 27.8. The smallest absolute Gasteiger partial charge is 0.407 e. The number of nitrogens with zero attached hydrogens (tertiary/aromatic N) is 3. The number of thiophene rings is 1. The monoisotopic (exact) mass is 648 g/mol. The molecule has 1 saturated carbocycles. The molecule has 1 fully saturated rings. The molecule has 5 rings (SSSR count). The summed E-state index contributed by atoms with van der Waals surface area (Å²) in [6.45, 7) is 6.36.